The topological polar surface area (TPSA) is 64.9 Å². The average molecular weight is 370 g/mol. The van der Waals surface area contributed by atoms with E-state index in [-0.39, 0.29) is 5.56 Å². The number of nitrogens with one attached hydrogen (secondary N) is 1. The number of H-pyrrole nitrogens is 1. The van der Waals surface area contributed by atoms with Crippen LogP contribution in [-0.4, -0.2) is 51.4 Å². The van der Waals surface area contributed by atoms with Crippen molar-refractivity contribution in [2.75, 3.05) is 31.1 Å². The van der Waals surface area contributed by atoms with Gasteiger partial charge in [0.25, 0.3) is 5.56 Å². The van der Waals surface area contributed by atoms with E-state index in [1.807, 2.05) is 13.0 Å². The molecule has 142 valence electrons. The van der Waals surface area contributed by atoms with Gasteiger partial charge in [-0.2, -0.15) is 0 Å². The monoisotopic (exact) mass is 370 g/mol. The van der Waals surface area contributed by atoms with Crippen LogP contribution in [0.1, 0.15) is 43.4 Å². The molecule has 1 atom stereocenters. The van der Waals surface area contributed by atoms with Crippen LogP contribution in [0.2, 0.25) is 0 Å². The number of piperazine rings is 1. The average Bonchev–Trinajstić information content (AvgIpc) is 3.19. The summed E-state index contributed by atoms with van der Waals surface area (Å²) >= 11 is 0. The molecule has 1 saturated carbocycles. The third kappa shape index (κ3) is 3.77. The van der Waals surface area contributed by atoms with Crippen LogP contribution in [0, 0.1) is 5.82 Å². The molecular weight excluding hydrogens is 345 g/mol. The molecule has 2 aromatic heterocycles. The zero-order valence-corrected chi connectivity index (χ0v) is 15.6. The molecule has 2 aromatic rings. The molecular formula is C20H25FN5O+. The fraction of sp³-hybridized carbons (Fsp3) is 0.500. The molecule has 0 bridgehead atoms. The van der Waals surface area contributed by atoms with Crippen LogP contribution in [-0.2, 0) is 6.42 Å². The van der Waals surface area contributed by atoms with Gasteiger partial charge in [0.1, 0.15) is 0 Å². The summed E-state index contributed by atoms with van der Waals surface area (Å²) in [4.78, 5) is 25.4. The van der Waals surface area contributed by atoms with Gasteiger partial charge in [-0.3, -0.25) is 4.79 Å². The maximum absolute atomic E-state index is 13.0. The van der Waals surface area contributed by atoms with Gasteiger partial charge in [0.05, 0.1) is 25.5 Å². The first-order valence-corrected chi connectivity index (χ1v) is 9.68. The van der Waals surface area contributed by atoms with E-state index in [0.717, 1.165) is 63.1 Å². The fourth-order valence-electron chi connectivity index (χ4n) is 4.11. The summed E-state index contributed by atoms with van der Waals surface area (Å²) in [5, 5.41) is 0. The maximum atomic E-state index is 13.0. The first-order valence-electron chi connectivity index (χ1n) is 9.68. The van der Waals surface area contributed by atoms with E-state index in [1.54, 1.807) is 0 Å². The minimum absolute atomic E-state index is 0.0522. The Balaban J connectivity index is 1.41. The van der Waals surface area contributed by atoms with E-state index in [0.29, 0.717) is 11.9 Å². The Morgan fingerprint density at radius 2 is 2.00 bits per heavy atom. The summed E-state index contributed by atoms with van der Waals surface area (Å²) in [5.74, 6) is 0.589. The van der Waals surface area contributed by atoms with Crippen molar-refractivity contribution in [3.05, 3.63) is 52.0 Å². The second-order valence-electron chi connectivity index (χ2n) is 7.30. The maximum Gasteiger partial charge on any atom is 0.251 e. The number of pyridine rings is 1. The summed E-state index contributed by atoms with van der Waals surface area (Å²) in [6.45, 7) is 5.52. The normalized spacial score (nSPS) is 20.4. The molecule has 3 heterocycles. The van der Waals surface area contributed by atoms with Gasteiger partial charge >= 0.3 is 0 Å². The fourth-order valence-corrected chi connectivity index (χ4v) is 4.11. The van der Waals surface area contributed by atoms with Crippen LogP contribution in [0.4, 0.5) is 10.3 Å². The Bertz CT molecular complexity index is 895. The van der Waals surface area contributed by atoms with Crippen LogP contribution in [0.15, 0.2) is 29.3 Å². The summed E-state index contributed by atoms with van der Waals surface area (Å²) in [6.07, 6.45) is 6.37. The van der Waals surface area contributed by atoms with Gasteiger partial charge in [0.15, 0.2) is 24.6 Å². The SMILES string of the molecule is CCc1ccc([C@@H]2CCC(=[N+]3CCN(c4ncc(F)cn4)CC3)C2)[nH]c1=O. The lowest BCUT2D eigenvalue weighted by molar-refractivity contribution is -0.531. The van der Waals surface area contributed by atoms with Gasteiger partial charge in [0, 0.05) is 30.0 Å². The molecule has 1 aliphatic carbocycles. The predicted molar refractivity (Wildman–Crippen MR) is 102 cm³/mol. The van der Waals surface area contributed by atoms with Crippen LogP contribution in [0.3, 0.4) is 0 Å². The highest BCUT2D eigenvalue weighted by atomic mass is 19.1. The molecule has 0 unspecified atom stereocenters. The molecule has 4 rings (SSSR count). The lowest BCUT2D eigenvalue weighted by Gasteiger charge is -2.25. The lowest BCUT2D eigenvalue weighted by Crippen LogP contribution is -2.44. The Morgan fingerprint density at radius 1 is 1.26 bits per heavy atom. The molecule has 27 heavy (non-hydrogen) atoms. The first kappa shape index (κ1) is 17.8. The number of nitrogens with zero attached hydrogens (tertiary/aromatic N) is 4. The van der Waals surface area contributed by atoms with Gasteiger partial charge < -0.3 is 9.88 Å². The molecule has 2 fully saturated rings. The molecule has 0 spiro atoms. The van der Waals surface area contributed by atoms with E-state index < -0.39 is 5.82 Å². The summed E-state index contributed by atoms with van der Waals surface area (Å²) in [6, 6.07) is 4.05. The van der Waals surface area contributed by atoms with Gasteiger partial charge in [0.2, 0.25) is 5.95 Å². The Hall–Kier alpha value is -2.57. The summed E-state index contributed by atoms with van der Waals surface area (Å²) in [5.41, 5.74) is 3.43. The highest BCUT2D eigenvalue weighted by Gasteiger charge is 2.31. The third-order valence-corrected chi connectivity index (χ3v) is 5.71. The number of aryl methyl sites for hydroxylation is 1. The van der Waals surface area contributed by atoms with Crippen LogP contribution in [0.5, 0.6) is 0 Å². The predicted octanol–water partition coefficient (Wildman–Crippen LogP) is 2.11. The Morgan fingerprint density at radius 3 is 2.67 bits per heavy atom. The number of halogens is 1. The van der Waals surface area contributed by atoms with Crippen LogP contribution < -0.4 is 10.5 Å². The van der Waals surface area contributed by atoms with Gasteiger partial charge in [-0.25, -0.2) is 18.9 Å². The minimum atomic E-state index is -0.407. The number of anilines is 1. The van der Waals surface area contributed by atoms with Crippen molar-refractivity contribution in [1.82, 2.24) is 15.0 Å². The zero-order valence-electron chi connectivity index (χ0n) is 15.6. The van der Waals surface area contributed by atoms with E-state index in [9.17, 15) is 9.18 Å². The molecule has 1 aliphatic heterocycles. The highest BCUT2D eigenvalue weighted by Crippen LogP contribution is 2.31. The van der Waals surface area contributed by atoms with E-state index >= 15 is 0 Å². The number of aromatic amines is 1. The van der Waals surface area contributed by atoms with E-state index in [2.05, 4.69) is 30.5 Å². The van der Waals surface area contributed by atoms with Gasteiger partial charge in [-0.1, -0.05) is 13.0 Å². The Labute approximate surface area is 157 Å². The third-order valence-electron chi connectivity index (χ3n) is 5.71. The first-order chi connectivity index (χ1) is 13.1. The van der Waals surface area contributed by atoms with Crippen molar-refractivity contribution in [2.45, 2.75) is 38.5 Å². The molecule has 2 aliphatic rings. The van der Waals surface area contributed by atoms with Crippen molar-refractivity contribution in [3.8, 4) is 0 Å². The zero-order chi connectivity index (χ0) is 18.8. The number of hydrogen-bond acceptors (Lipinski definition) is 4. The second-order valence-corrected chi connectivity index (χ2v) is 7.30. The number of aromatic nitrogens is 3. The molecule has 1 saturated heterocycles. The van der Waals surface area contributed by atoms with E-state index in [1.165, 1.54) is 18.1 Å². The summed E-state index contributed by atoms with van der Waals surface area (Å²) in [7, 11) is 0. The largest absolute Gasteiger partial charge is 0.328 e. The second kappa shape index (κ2) is 7.58. The van der Waals surface area contributed by atoms with Gasteiger partial charge in [-0.15, -0.1) is 0 Å². The highest BCUT2D eigenvalue weighted by molar-refractivity contribution is 5.83. The quantitative estimate of drug-likeness (QED) is 0.841. The van der Waals surface area contributed by atoms with Crippen molar-refractivity contribution in [2.24, 2.45) is 0 Å². The summed E-state index contributed by atoms with van der Waals surface area (Å²) < 4.78 is 15.4. The molecule has 7 heteroatoms. The molecule has 0 aromatic carbocycles. The van der Waals surface area contributed by atoms with Crippen LogP contribution >= 0.6 is 0 Å². The minimum Gasteiger partial charge on any atom is -0.328 e. The molecule has 0 radical (unpaired) electrons. The van der Waals surface area contributed by atoms with Crippen LogP contribution in [0.25, 0.3) is 0 Å². The lowest BCUT2D eigenvalue weighted by atomic mass is 10.0. The number of rotatable bonds is 3. The van der Waals surface area contributed by atoms with Crippen molar-refractivity contribution in [1.29, 1.82) is 0 Å². The van der Waals surface area contributed by atoms with E-state index in [4.69, 9.17) is 0 Å². The van der Waals surface area contributed by atoms with Crippen molar-refractivity contribution >= 4 is 11.7 Å². The van der Waals surface area contributed by atoms with Crippen molar-refractivity contribution in [3.63, 3.8) is 0 Å². The molecule has 6 nitrogen and oxygen atoms in total. The smallest absolute Gasteiger partial charge is 0.251 e. The number of hydrogen-bond donors (Lipinski definition) is 1. The molecule has 0 amide bonds. The standard InChI is InChI=1S/C20H24FN5O/c1-2-14-4-6-18(24-19(14)27)15-3-5-17(11-15)25-7-9-26(10-8-25)20-22-12-16(21)13-23-20/h4,6,12-13,15H,2-3,5,7-11H2,1H3/p+1/t15-/m1/s1. The van der Waals surface area contributed by atoms with Gasteiger partial charge in [-0.05, 0) is 18.9 Å². The van der Waals surface area contributed by atoms with Crippen molar-refractivity contribution < 1.29 is 8.97 Å². The molecule has 1 N–H and O–H groups in total. The Kier molecular flexibility index (Phi) is 5.01.